The summed E-state index contributed by atoms with van der Waals surface area (Å²) in [4.78, 5) is 18.5. The third-order valence-electron chi connectivity index (χ3n) is 2.00. The summed E-state index contributed by atoms with van der Waals surface area (Å²) in [6.45, 7) is 0. The molecule has 0 amide bonds. The summed E-state index contributed by atoms with van der Waals surface area (Å²) in [5.74, 6) is -0.565. The van der Waals surface area contributed by atoms with Gasteiger partial charge in [-0.2, -0.15) is 0 Å². The largest absolute Gasteiger partial charge is 0.478 e. The van der Waals surface area contributed by atoms with E-state index in [1.54, 1.807) is 24.3 Å². The maximum Gasteiger partial charge on any atom is 0.338 e. The van der Waals surface area contributed by atoms with Crippen molar-refractivity contribution in [1.29, 1.82) is 0 Å². The standard InChI is InChI=1S/C11H7ClN2O2/c12-9-3-1-7(2-4-9)10-13-5-8(6-14-10)11(15)16/h1-6H,(H,15,16). The summed E-state index contributed by atoms with van der Waals surface area (Å²) in [7, 11) is 0. The van der Waals surface area contributed by atoms with Gasteiger partial charge in [0.1, 0.15) is 0 Å². The van der Waals surface area contributed by atoms with Crippen LogP contribution in [-0.2, 0) is 0 Å². The monoisotopic (exact) mass is 234 g/mol. The second-order valence-electron chi connectivity index (χ2n) is 3.11. The summed E-state index contributed by atoms with van der Waals surface area (Å²) in [6.07, 6.45) is 2.55. The highest BCUT2D eigenvalue weighted by molar-refractivity contribution is 6.30. The van der Waals surface area contributed by atoms with Gasteiger partial charge in [-0.05, 0) is 24.3 Å². The van der Waals surface area contributed by atoms with E-state index < -0.39 is 5.97 Å². The quantitative estimate of drug-likeness (QED) is 0.867. The molecule has 0 bridgehead atoms. The van der Waals surface area contributed by atoms with E-state index >= 15 is 0 Å². The van der Waals surface area contributed by atoms with Crippen LogP contribution in [0.4, 0.5) is 0 Å². The van der Waals surface area contributed by atoms with E-state index in [0.717, 1.165) is 5.56 Å². The second-order valence-corrected chi connectivity index (χ2v) is 3.54. The number of carboxylic acid groups (broad SMARTS) is 1. The summed E-state index contributed by atoms with van der Waals surface area (Å²) < 4.78 is 0. The van der Waals surface area contributed by atoms with E-state index in [4.69, 9.17) is 16.7 Å². The van der Waals surface area contributed by atoms with E-state index in [1.165, 1.54) is 12.4 Å². The van der Waals surface area contributed by atoms with Crippen LogP contribution in [0.25, 0.3) is 11.4 Å². The maximum atomic E-state index is 10.6. The molecule has 1 N–H and O–H groups in total. The molecule has 1 aromatic carbocycles. The van der Waals surface area contributed by atoms with Crippen LogP contribution in [-0.4, -0.2) is 21.0 Å². The summed E-state index contributed by atoms with van der Waals surface area (Å²) in [5.41, 5.74) is 0.860. The summed E-state index contributed by atoms with van der Waals surface area (Å²) in [6, 6.07) is 7.01. The van der Waals surface area contributed by atoms with Gasteiger partial charge in [0.2, 0.25) is 0 Å². The first-order valence-corrected chi connectivity index (χ1v) is 4.86. The molecule has 0 radical (unpaired) electrons. The lowest BCUT2D eigenvalue weighted by Gasteiger charge is -2.00. The molecule has 0 aliphatic carbocycles. The van der Waals surface area contributed by atoms with Gasteiger partial charge in [0.25, 0.3) is 0 Å². The van der Waals surface area contributed by atoms with Crippen LogP contribution >= 0.6 is 11.6 Å². The lowest BCUT2D eigenvalue weighted by atomic mass is 10.2. The van der Waals surface area contributed by atoms with Crippen LogP contribution in [0.5, 0.6) is 0 Å². The molecule has 16 heavy (non-hydrogen) atoms. The Labute approximate surface area is 96.6 Å². The molecule has 0 spiro atoms. The number of nitrogens with zero attached hydrogens (tertiary/aromatic N) is 2. The molecule has 5 heteroatoms. The van der Waals surface area contributed by atoms with Gasteiger partial charge in [-0.3, -0.25) is 0 Å². The smallest absolute Gasteiger partial charge is 0.338 e. The zero-order valence-electron chi connectivity index (χ0n) is 8.09. The highest BCUT2D eigenvalue weighted by Gasteiger charge is 2.05. The molecule has 1 aromatic heterocycles. The molecule has 0 aliphatic heterocycles. The van der Waals surface area contributed by atoms with Crippen molar-refractivity contribution in [2.45, 2.75) is 0 Å². The number of carbonyl (C=O) groups is 1. The van der Waals surface area contributed by atoms with E-state index in [0.29, 0.717) is 10.8 Å². The minimum absolute atomic E-state index is 0.0673. The predicted molar refractivity (Wildman–Crippen MR) is 59.4 cm³/mol. The molecule has 0 fully saturated rings. The van der Waals surface area contributed by atoms with Gasteiger partial charge in [0.15, 0.2) is 5.82 Å². The van der Waals surface area contributed by atoms with Gasteiger partial charge in [-0.25, -0.2) is 14.8 Å². The van der Waals surface area contributed by atoms with Gasteiger partial charge < -0.3 is 5.11 Å². The van der Waals surface area contributed by atoms with Crippen molar-refractivity contribution in [2.75, 3.05) is 0 Å². The van der Waals surface area contributed by atoms with Gasteiger partial charge >= 0.3 is 5.97 Å². The highest BCUT2D eigenvalue weighted by atomic mass is 35.5. The maximum absolute atomic E-state index is 10.6. The van der Waals surface area contributed by atoms with Crippen molar-refractivity contribution >= 4 is 17.6 Å². The molecule has 0 aliphatic rings. The normalized spacial score (nSPS) is 10.1. The third-order valence-corrected chi connectivity index (χ3v) is 2.25. The number of halogens is 1. The first-order valence-electron chi connectivity index (χ1n) is 4.48. The molecular formula is C11H7ClN2O2. The zero-order chi connectivity index (χ0) is 11.5. The molecule has 0 saturated carbocycles. The Morgan fingerprint density at radius 2 is 1.69 bits per heavy atom. The van der Waals surface area contributed by atoms with Crippen molar-refractivity contribution in [3.8, 4) is 11.4 Å². The minimum atomic E-state index is -1.04. The minimum Gasteiger partial charge on any atom is -0.478 e. The fourth-order valence-corrected chi connectivity index (χ4v) is 1.31. The van der Waals surface area contributed by atoms with Crippen LogP contribution in [0, 0.1) is 0 Å². The Kier molecular flexibility index (Phi) is 2.83. The van der Waals surface area contributed by atoms with Gasteiger partial charge in [-0.15, -0.1) is 0 Å². The van der Waals surface area contributed by atoms with Gasteiger partial charge in [0, 0.05) is 23.0 Å². The number of hydrogen-bond donors (Lipinski definition) is 1. The Morgan fingerprint density at radius 1 is 1.12 bits per heavy atom. The number of benzene rings is 1. The van der Waals surface area contributed by atoms with E-state index in [9.17, 15) is 4.79 Å². The van der Waals surface area contributed by atoms with E-state index in [-0.39, 0.29) is 5.56 Å². The van der Waals surface area contributed by atoms with Gasteiger partial charge in [0.05, 0.1) is 5.56 Å². The van der Waals surface area contributed by atoms with Crippen molar-refractivity contribution in [1.82, 2.24) is 9.97 Å². The number of aromatic nitrogens is 2. The zero-order valence-corrected chi connectivity index (χ0v) is 8.85. The molecular weight excluding hydrogens is 228 g/mol. The number of rotatable bonds is 2. The van der Waals surface area contributed by atoms with Crippen LogP contribution in [0.3, 0.4) is 0 Å². The average molecular weight is 235 g/mol. The molecule has 0 saturated heterocycles. The SMILES string of the molecule is O=C(O)c1cnc(-c2ccc(Cl)cc2)nc1. The number of carboxylic acids is 1. The molecule has 2 rings (SSSR count). The third kappa shape index (κ3) is 2.17. The highest BCUT2D eigenvalue weighted by Crippen LogP contribution is 2.17. The van der Waals surface area contributed by atoms with Crippen molar-refractivity contribution in [3.63, 3.8) is 0 Å². The lowest BCUT2D eigenvalue weighted by Crippen LogP contribution is -1.99. The number of hydrogen-bond acceptors (Lipinski definition) is 3. The molecule has 4 nitrogen and oxygen atoms in total. The van der Waals surface area contributed by atoms with Crippen LogP contribution < -0.4 is 0 Å². The Hall–Kier alpha value is -1.94. The summed E-state index contributed by atoms with van der Waals surface area (Å²) >= 11 is 5.75. The van der Waals surface area contributed by atoms with E-state index in [2.05, 4.69) is 9.97 Å². The predicted octanol–water partition coefficient (Wildman–Crippen LogP) is 2.50. The first-order chi connectivity index (χ1) is 7.66. The van der Waals surface area contributed by atoms with Crippen molar-refractivity contribution < 1.29 is 9.90 Å². The molecule has 1 heterocycles. The Balaban J connectivity index is 2.34. The molecule has 80 valence electrons. The van der Waals surface area contributed by atoms with Crippen LogP contribution in [0.15, 0.2) is 36.7 Å². The molecule has 0 unspecified atom stereocenters. The van der Waals surface area contributed by atoms with Crippen LogP contribution in [0.2, 0.25) is 5.02 Å². The Bertz CT molecular complexity index is 509. The fourth-order valence-electron chi connectivity index (χ4n) is 1.19. The van der Waals surface area contributed by atoms with Crippen molar-refractivity contribution in [2.24, 2.45) is 0 Å². The Morgan fingerprint density at radius 3 is 2.19 bits per heavy atom. The average Bonchev–Trinajstić information content (AvgIpc) is 2.30. The second kappa shape index (κ2) is 4.28. The van der Waals surface area contributed by atoms with Crippen LogP contribution in [0.1, 0.15) is 10.4 Å². The number of aromatic carboxylic acids is 1. The fraction of sp³-hybridized carbons (Fsp3) is 0. The molecule has 2 aromatic rings. The lowest BCUT2D eigenvalue weighted by molar-refractivity contribution is 0.0696. The first kappa shape index (κ1) is 10.6. The molecule has 0 atom stereocenters. The van der Waals surface area contributed by atoms with Gasteiger partial charge in [-0.1, -0.05) is 11.6 Å². The van der Waals surface area contributed by atoms with E-state index in [1.807, 2.05) is 0 Å². The summed E-state index contributed by atoms with van der Waals surface area (Å²) in [5, 5.41) is 9.32. The van der Waals surface area contributed by atoms with Crippen molar-refractivity contribution in [3.05, 3.63) is 47.2 Å². The topological polar surface area (TPSA) is 63.1 Å².